The van der Waals surface area contributed by atoms with Crippen LogP contribution in [0.1, 0.15) is 5.56 Å². The van der Waals surface area contributed by atoms with Crippen LogP contribution >= 0.6 is 11.6 Å². The summed E-state index contributed by atoms with van der Waals surface area (Å²) in [5.41, 5.74) is 1.13. The van der Waals surface area contributed by atoms with E-state index in [-0.39, 0.29) is 5.48 Å². The Balaban J connectivity index is 0.000000640. The quantitative estimate of drug-likeness (QED) is 0.532. The summed E-state index contributed by atoms with van der Waals surface area (Å²) >= 11 is 5.71. The molecule has 2 N–H and O–H groups in total. The fourth-order valence-electron chi connectivity index (χ4n) is 0.551. The second-order valence-electron chi connectivity index (χ2n) is 1.75. The third kappa shape index (κ3) is 2.04. The summed E-state index contributed by atoms with van der Waals surface area (Å²) in [6, 6.07) is 7.77. The minimum atomic E-state index is 0. The molecule has 0 aliphatic heterocycles. The summed E-state index contributed by atoms with van der Waals surface area (Å²) in [6.45, 7) is 1.99. The third-order valence-electron chi connectivity index (χ3n) is 1.08. The van der Waals surface area contributed by atoms with Gasteiger partial charge in [0.1, 0.15) is 0 Å². The smallest absolute Gasteiger partial charge is 0.0435 e. The van der Waals surface area contributed by atoms with Crippen LogP contribution in [0.4, 0.5) is 0 Å². The van der Waals surface area contributed by atoms with Crippen molar-refractivity contribution in [1.82, 2.24) is 0 Å². The van der Waals surface area contributed by atoms with E-state index in [1.807, 2.05) is 31.2 Å². The Morgan fingerprint density at radius 1 is 1.22 bits per heavy atom. The molecule has 1 aromatic carbocycles. The molecule has 2 heteroatoms. The summed E-state index contributed by atoms with van der Waals surface area (Å²) in [7, 11) is 0. The molecule has 0 unspecified atom stereocenters. The summed E-state index contributed by atoms with van der Waals surface area (Å²) in [5, 5.41) is 0.840. The van der Waals surface area contributed by atoms with Gasteiger partial charge >= 0.3 is 0 Å². The van der Waals surface area contributed by atoms with Crippen LogP contribution in [0.2, 0.25) is 5.02 Å². The van der Waals surface area contributed by atoms with Crippen LogP contribution in [-0.4, -0.2) is 5.48 Å². The van der Waals surface area contributed by atoms with Gasteiger partial charge in [-0.05, 0) is 18.6 Å². The number of hydrogen-bond acceptors (Lipinski definition) is 0. The number of hydrogen-bond donors (Lipinski definition) is 0. The van der Waals surface area contributed by atoms with Crippen LogP contribution in [0, 0.1) is 6.92 Å². The highest BCUT2D eigenvalue weighted by Crippen LogP contribution is 2.11. The minimum absolute atomic E-state index is 0. The largest absolute Gasteiger partial charge is 0.412 e. The van der Waals surface area contributed by atoms with Crippen LogP contribution in [-0.2, 0) is 0 Å². The fraction of sp³-hybridized carbons (Fsp3) is 0.143. The third-order valence-corrected chi connectivity index (χ3v) is 1.50. The number of benzene rings is 1. The first-order valence-electron chi connectivity index (χ1n) is 2.52. The Kier molecular flexibility index (Phi) is 3.28. The van der Waals surface area contributed by atoms with Crippen molar-refractivity contribution in [2.75, 3.05) is 0 Å². The number of aryl methyl sites for hydroxylation is 1. The van der Waals surface area contributed by atoms with Gasteiger partial charge in [-0.15, -0.1) is 0 Å². The minimum Gasteiger partial charge on any atom is -0.412 e. The monoisotopic (exact) mass is 144 g/mol. The van der Waals surface area contributed by atoms with Crippen LogP contribution < -0.4 is 0 Å². The molecule has 0 heterocycles. The van der Waals surface area contributed by atoms with E-state index < -0.39 is 0 Å². The summed E-state index contributed by atoms with van der Waals surface area (Å²) in [5.74, 6) is 0. The zero-order chi connectivity index (χ0) is 5.98. The second-order valence-corrected chi connectivity index (χ2v) is 2.16. The molecule has 1 aromatic rings. The van der Waals surface area contributed by atoms with Gasteiger partial charge in [0.2, 0.25) is 0 Å². The number of rotatable bonds is 0. The van der Waals surface area contributed by atoms with Crippen molar-refractivity contribution in [2.45, 2.75) is 6.92 Å². The van der Waals surface area contributed by atoms with Crippen molar-refractivity contribution >= 4 is 11.6 Å². The van der Waals surface area contributed by atoms with Crippen LogP contribution in [0.15, 0.2) is 24.3 Å². The molecule has 0 bridgehead atoms. The molecule has 1 nitrogen and oxygen atoms in total. The highest BCUT2D eigenvalue weighted by molar-refractivity contribution is 6.31. The van der Waals surface area contributed by atoms with Crippen molar-refractivity contribution in [1.29, 1.82) is 0 Å². The molecule has 0 radical (unpaired) electrons. The van der Waals surface area contributed by atoms with Gasteiger partial charge in [0, 0.05) is 5.02 Å². The van der Waals surface area contributed by atoms with Gasteiger partial charge in [-0.1, -0.05) is 29.8 Å². The molecule has 1 rings (SSSR count). The molecule has 0 spiro atoms. The maximum Gasteiger partial charge on any atom is 0.0435 e. The summed E-state index contributed by atoms with van der Waals surface area (Å²) in [6.07, 6.45) is 0. The number of halogens is 1. The topological polar surface area (TPSA) is 31.5 Å². The fourth-order valence-corrected chi connectivity index (χ4v) is 0.687. The molecule has 0 amide bonds. The molecule has 9 heavy (non-hydrogen) atoms. The van der Waals surface area contributed by atoms with Gasteiger partial charge in [-0.3, -0.25) is 0 Å². The lowest BCUT2D eigenvalue weighted by atomic mass is 10.2. The Morgan fingerprint density at radius 3 is 2.11 bits per heavy atom. The molecule has 0 aliphatic rings. The molecule has 0 fully saturated rings. The predicted octanol–water partition coefficient (Wildman–Crippen LogP) is 1.82. The Hall–Kier alpha value is -0.530. The van der Waals surface area contributed by atoms with E-state index >= 15 is 0 Å². The predicted molar refractivity (Wildman–Crippen MR) is 39.8 cm³/mol. The molecule has 0 saturated heterocycles. The van der Waals surface area contributed by atoms with Crippen molar-refractivity contribution in [2.24, 2.45) is 0 Å². The maximum absolute atomic E-state index is 5.71. The Morgan fingerprint density at radius 2 is 1.78 bits per heavy atom. The molecule has 0 aromatic heterocycles. The van der Waals surface area contributed by atoms with Gasteiger partial charge in [0.15, 0.2) is 0 Å². The lowest BCUT2D eigenvalue weighted by molar-refractivity contribution is 0.824. The highest BCUT2D eigenvalue weighted by atomic mass is 35.5. The molecular formula is C7H9ClO. The van der Waals surface area contributed by atoms with Gasteiger partial charge in [0.25, 0.3) is 0 Å². The molecule has 0 saturated carbocycles. The van der Waals surface area contributed by atoms with Crippen molar-refractivity contribution in [3.8, 4) is 0 Å². The van der Waals surface area contributed by atoms with Crippen LogP contribution in [0.5, 0.6) is 0 Å². The first-order chi connectivity index (χ1) is 3.80. The van der Waals surface area contributed by atoms with E-state index in [4.69, 9.17) is 11.6 Å². The van der Waals surface area contributed by atoms with Gasteiger partial charge in [0.05, 0.1) is 0 Å². The van der Waals surface area contributed by atoms with E-state index in [1.54, 1.807) is 0 Å². The lowest BCUT2D eigenvalue weighted by Gasteiger charge is -1.90. The van der Waals surface area contributed by atoms with Gasteiger partial charge in [-0.2, -0.15) is 0 Å². The molecule has 0 aliphatic carbocycles. The van der Waals surface area contributed by atoms with E-state index in [1.165, 1.54) is 0 Å². The zero-order valence-electron chi connectivity index (χ0n) is 5.19. The second kappa shape index (κ2) is 3.49. The molecular weight excluding hydrogens is 136 g/mol. The van der Waals surface area contributed by atoms with Crippen molar-refractivity contribution in [3.05, 3.63) is 34.9 Å². The average Bonchev–Trinajstić information content (AvgIpc) is 1.77. The van der Waals surface area contributed by atoms with E-state index in [2.05, 4.69) is 0 Å². The van der Waals surface area contributed by atoms with E-state index in [0.717, 1.165) is 10.6 Å². The Labute approximate surface area is 59.6 Å². The molecule has 0 atom stereocenters. The zero-order valence-corrected chi connectivity index (χ0v) is 5.94. The lowest BCUT2D eigenvalue weighted by Crippen LogP contribution is -1.68. The average molecular weight is 145 g/mol. The maximum atomic E-state index is 5.71. The Bertz CT molecular complexity index is 165. The summed E-state index contributed by atoms with van der Waals surface area (Å²) in [4.78, 5) is 0. The highest BCUT2D eigenvalue weighted by Gasteiger charge is 1.86. The SMILES string of the molecule is Cc1ccccc1Cl.O. The van der Waals surface area contributed by atoms with Crippen molar-refractivity contribution < 1.29 is 5.48 Å². The van der Waals surface area contributed by atoms with E-state index in [0.29, 0.717) is 0 Å². The van der Waals surface area contributed by atoms with E-state index in [9.17, 15) is 0 Å². The van der Waals surface area contributed by atoms with Gasteiger partial charge < -0.3 is 5.48 Å². The first-order valence-corrected chi connectivity index (χ1v) is 2.89. The van der Waals surface area contributed by atoms with Crippen molar-refractivity contribution in [3.63, 3.8) is 0 Å². The van der Waals surface area contributed by atoms with Gasteiger partial charge in [-0.25, -0.2) is 0 Å². The summed E-state index contributed by atoms with van der Waals surface area (Å²) < 4.78 is 0. The normalized spacial score (nSPS) is 8.22. The molecule has 50 valence electrons. The van der Waals surface area contributed by atoms with Crippen LogP contribution in [0.25, 0.3) is 0 Å². The van der Waals surface area contributed by atoms with Crippen LogP contribution in [0.3, 0.4) is 0 Å². The standard InChI is InChI=1S/C7H7Cl.H2O/c1-6-4-2-3-5-7(6)8;/h2-5H,1H3;1H2. The first kappa shape index (κ1) is 8.47.